The Balaban J connectivity index is 1.87. The molecular formula is C15H23N5O2. The number of aliphatic imine (C=N–C) groups is 1. The number of hydrogen-bond donors (Lipinski definition) is 1. The molecule has 7 nitrogen and oxygen atoms in total. The lowest BCUT2D eigenvalue weighted by Crippen LogP contribution is -2.46. The topological polar surface area (TPSA) is 79.7 Å². The molecule has 0 radical (unpaired) electrons. The van der Waals surface area contributed by atoms with E-state index in [2.05, 4.69) is 25.2 Å². The first kappa shape index (κ1) is 16.2. The van der Waals surface area contributed by atoms with Crippen LogP contribution in [0, 0.1) is 12.8 Å². The largest absolute Gasteiger partial charge is 0.469 e. The summed E-state index contributed by atoms with van der Waals surface area (Å²) < 4.78 is 4.81. The third kappa shape index (κ3) is 4.16. The Kier molecular flexibility index (Phi) is 5.68. The fourth-order valence-electron chi connectivity index (χ4n) is 2.60. The number of nitrogens with zero attached hydrogens (tertiary/aromatic N) is 4. The molecule has 0 bridgehead atoms. The third-order valence-corrected chi connectivity index (χ3v) is 3.80. The highest BCUT2D eigenvalue weighted by atomic mass is 16.5. The zero-order chi connectivity index (χ0) is 15.9. The van der Waals surface area contributed by atoms with E-state index in [0.717, 1.165) is 43.4 Å². The highest BCUT2D eigenvalue weighted by Crippen LogP contribution is 2.18. The predicted octanol–water partition coefficient (Wildman–Crippen LogP) is 0.745. The molecule has 0 unspecified atom stereocenters. The van der Waals surface area contributed by atoms with E-state index in [0.29, 0.717) is 6.54 Å². The van der Waals surface area contributed by atoms with Crippen LogP contribution in [0.5, 0.6) is 0 Å². The summed E-state index contributed by atoms with van der Waals surface area (Å²) in [4.78, 5) is 26.5. The van der Waals surface area contributed by atoms with Crippen LogP contribution >= 0.6 is 0 Å². The molecule has 1 aliphatic rings. The minimum absolute atomic E-state index is 0.00358. The second-order valence-corrected chi connectivity index (χ2v) is 5.28. The van der Waals surface area contributed by atoms with Crippen LogP contribution in [0.2, 0.25) is 0 Å². The van der Waals surface area contributed by atoms with Crippen molar-refractivity contribution >= 4 is 11.9 Å². The van der Waals surface area contributed by atoms with Crippen LogP contribution in [0.3, 0.4) is 0 Å². The van der Waals surface area contributed by atoms with Crippen LogP contribution in [0.1, 0.15) is 24.4 Å². The van der Waals surface area contributed by atoms with Gasteiger partial charge in [0.25, 0.3) is 0 Å². The molecule has 1 fully saturated rings. The van der Waals surface area contributed by atoms with E-state index < -0.39 is 0 Å². The summed E-state index contributed by atoms with van der Waals surface area (Å²) in [6.45, 7) is 4.06. The fraction of sp³-hybridized carbons (Fsp3) is 0.600. The normalized spacial score (nSPS) is 16.5. The van der Waals surface area contributed by atoms with Gasteiger partial charge in [-0.2, -0.15) is 0 Å². The molecule has 2 heterocycles. The van der Waals surface area contributed by atoms with Gasteiger partial charge in [-0.3, -0.25) is 9.79 Å². The number of likely N-dealkylation sites (tertiary alicyclic amines) is 1. The molecule has 7 heteroatoms. The Morgan fingerprint density at radius 1 is 1.50 bits per heavy atom. The number of hydrogen-bond acceptors (Lipinski definition) is 5. The fourth-order valence-corrected chi connectivity index (χ4v) is 2.60. The van der Waals surface area contributed by atoms with Crippen LogP contribution in [-0.2, 0) is 16.1 Å². The predicted molar refractivity (Wildman–Crippen MR) is 83.3 cm³/mol. The number of ether oxygens (including phenoxy) is 1. The summed E-state index contributed by atoms with van der Waals surface area (Å²) in [6.07, 6.45) is 3.34. The number of nitrogens with one attached hydrogen (secondary N) is 1. The zero-order valence-electron chi connectivity index (χ0n) is 13.4. The molecule has 0 atom stereocenters. The minimum atomic E-state index is -0.112. The quantitative estimate of drug-likeness (QED) is 0.504. The number of aromatic nitrogens is 2. The van der Waals surface area contributed by atoms with E-state index in [4.69, 9.17) is 4.74 Å². The summed E-state index contributed by atoms with van der Waals surface area (Å²) in [6, 6.07) is 1.89. The molecule has 0 amide bonds. The van der Waals surface area contributed by atoms with Crippen LogP contribution in [0.25, 0.3) is 0 Å². The number of piperidine rings is 1. The maximum Gasteiger partial charge on any atom is 0.308 e. The Morgan fingerprint density at radius 2 is 2.23 bits per heavy atom. The van der Waals surface area contributed by atoms with Crippen molar-refractivity contribution < 1.29 is 9.53 Å². The first-order valence-electron chi connectivity index (χ1n) is 7.46. The van der Waals surface area contributed by atoms with Crippen molar-refractivity contribution in [2.24, 2.45) is 10.9 Å². The first-order chi connectivity index (χ1) is 10.6. The summed E-state index contributed by atoms with van der Waals surface area (Å²) >= 11 is 0. The number of rotatable bonds is 3. The van der Waals surface area contributed by atoms with Crippen molar-refractivity contribution in [2.45, 2.75) is 26.3 Å². The molecule has 1 aromatic heterocycles. The van der Waals surface area contributed by atoms with E-state index in [1.807, 2.05) is 13.0 Å². The molecule has 0 saturated carbocycles. The van der Waals surface area contributed by atoms with Crippen molar-refractivity contribution in [1.29, 1.82) is 0 Å². The molecule has 0 aromatic carbocycles. The lowest BCUT2D eigenvalue weighted by atomic mass is 9.97. The molecule has 0 aliphatic carbocycles. The second-order valence-electron chi connectivity index (χ2n) is 5.28. The molecule has 1 saturated heterocycles. The lowest BCUT2D eigenvalue weighted by molar-refractivity contribution is -0.146. The van der Waals surface area contributed by atoms with Crippen molar-refractivity contribution in [1.82, 2.24) is 20.2 Å². The SMILES string of the molecule is CN=C(NCc1ccnc(C)n1)N1CCC(C(=O)OC)CC1. The van der Waals surface area contributed by atoms with E-state index >= 15 is 0 Å². The van der Waals surface area contributed by atoms with Gasteiger partial charge < -0.3 is 15.0 Å². The number of carbonyl (C=O) groups excluding carboxylic acids is 1. The average Bonchev–Trinajstić information content (AvgIpc) is 2.55. The van der Waals surface area contributed by atoms with Crippen molar-refractivity contribution in [3.63, 3.8) is 0 Å². The smallest absolute Gasteiger partial charge is 0.308 e. The molecule has 1 aromatic rings. The van der Waals surface area contributed by atoms with Gasteiger partial charge in [0.1, 0.15) is 5.82 Å². The standard InChI is InChI=1S/C15H23N5O2/c1-11-17-7-4-13(19-11)10-18-15(16-2)20-8-5-12(6-9-20)14(21)22-3/h4,7,12H,5-6,8-10H2,1-3H3,(H,16,18). The number of aryl methyl sites for hydroxylation is 1. The van der Waals surface area contributed by atoms with Gasteiger partial charge in [0.05, 0.1) is 25.3 Å². The summed E-state index contributed by atoms with van der Waals surface area (Å²) in [5.41, 5.74) is 0.929. The maximum atomic E-state index is 11.6. The van der Waals surface area contributed by atoms with Crippen molar-refractivity contribution in [3.8, 4) is 0 Å². The van der Waals surface area contributed by atoms with E-state index in [1.165, 1.54) is 7.11 Å². The van der Waals surface area contributed by atoms with Gasteiger partial charge in [-0.25, -0.2) is 9.97 Å². The molecule has 1 N–H and O–H groups in total. The van der Waals surface area contributed by atoms with Crippen LogP contribution < -0.4 is 5.32 Å². The highest BCUT2D eigenvalue weighted by Gasteiger charge is 2.26. The summed E-state index contributed by atoms with van der Waals surface area (Å²) in [5, 5.41) is 3.31. The van der Waals surface area contributed by atoms with Crippen molar-refractivity contribution in [2.75, 3.05) is 27.2 Å². The third-order valence-electron chi connectivity index (χ3n) is 3.80. The van der Waals surface area contributed by atoms with Gasteiger partial charge in [-0.05, 0) is 25.8 Å². The van der Waals surface area contributed by atoms with E-state index in [-0.39, 0.29) is 11.9 Å². The molecule has 0 spiro atoms. The average molecular weight is 305 g/mol. The van der Waals surface area contributed by atoms with Gasteiger partial charge in [0.2, 0.25) is 0 Å². The Bertz CT molecular complexity index is 538. The Morgan fingerprint density at radius 3 is 2.82 bits per heavy atom. The lowest BCUT2D eigenvalue weighted by Gasteiger charge is -2.33. The van der Waals surface area contributed by atoms with Gasteiger partial charge in [0.15, 0.2) is 5.96 Å². The van der Waals surface area contributed by atoms with Gasteiger partial charge in [0, 0.05) is 26.3 Å². The number of esters is 1. The van der Waals surface area contributed by atoms with Gasteiger partial charge in [-0.15, -0.1) is 0 Å². The van der Waals surface area contributed by atoms with Crippen LogP contribution in [-0.4, -0.2) is 54.0 Å². The van der Waals surface area contributed by atoms with Crippen molar-refractivity contribution in [3.05, 3.63) is 23.8 Å². The molecule has 22 heavy (non-hydrogen) atoms. The van der Waals surface area contributed by atoms with E-state index in [1.54, 1.807) is 13.2 Å². The number of methoxy groups -OCH3 is 1. The van der Waals surface area contributed by atoms with Gasteiger partial charge in [-0.1, -0.05) is 0 Å². The molecule has 2 rings (SSSR count). The molecular weight excluding hydrogens is 282 g/mol. The first-order valence-corrected chi connectivity index (χ1v) is 7.46. The molecule has 1 aliphatic heterocycles. The zero-order valence-corrected chi connectivity index (χ0v) is 13.4. The summed E-state index contributed by atoms with van der Waals surface area (Å²) in [5.74, 6) is 1.48. The monoisotopic (exact) mass is 305 g/mol. The van der Waals surface area contributed by atoms with E-state index in [9.17, 15) is 4.79 Å². The van der Waals surface area contributed by atoms with Gasteiger partial charge >= 0.3 is 5.97 Å². The number of carbonyl (C=O) groups is 1. The number of guanidine groups is 1. The minimum Gasteiger partial charge on any atom is -0.469 e. The van der Waals surface area contributed by atoms with Crippen LogP contribution in [0.4, 0.5) is 0 Å². The Labute approximate surface area is 130 Å². The maximum absolute atomic E-state index is 11.6. The second kappa shape index (κ2) is 7.72. The molecule has 120 valence electrons. The highest BCUT2D eigenvalue weighted by molar-refractivity contribution is 5.80. The Hall–Kier alpha value is -2.18. The summed E-state index contributed by atoms with van der Waals surface area (Å²) in [7, 11) is 3.21. The van der Waals surface area contributed by atoms with Crippen LogP contribution in [0.15, 0.2) is 17.3 Å².